The van der Waals surface area contributed by atoms with Crippen molar-refractivity contribution >= 4 is 17.8 Å². The van der Waals surface area contributed by atoms with Crippen molar-refractivity contribution in [1.82, 2.24) is 10.9 Å². The molecule has 0 aliphatic carbocycles. The molecule has 22 heavy (non-hydrogen) atoms. The van der Waals surface area contributed by atoms with Crippen molar-refractivity contribution in [1.29, 1.82) is 0 Å². The Bertz CT molecular complexity index is 610. The van der Waals surface area contributed by atoms with Gasteiger partial charge in [-0.3, -0.25) is 20.4 Å². The molecule has 1 atom stereocenters. The van der Waals surface area contributed by atoms with Crippen molar-refractivity contribution in [3.05, 3.63) is 41.5 Å². The average molecular weight is 306 g/mol. The lowest BCUT2D eigenvalue weighted by molar-refractivity contribution is -0.132. The maximum Gasteiger partial charge on any atom is 0.328 e. The number of hydrogen-bond acceptors (Lipinski definition) is 4. The summed E-state index contributed by atoms with van der Waals surface area (Å²) in [6.07, 6.45) is 0.624. The minimum atomic E-state index is -1.26. The lowest BCUT2D eigenvalue weighted by Crippen LogP contribution is -2.46. The van der Waals surface area contributed by atoms with E-state index in [-0.39, 0.29) is 0 Å². The van der Waals surface area contributed by atoms with E-state index in [1.807, 2.05) is 26.0 Å². The van der Waals surface area contributed by atoms with Crippen molar-refractivity contribution in [3.63, 3.8) is 0 Å². The number of nitrogens with one attached hydrogen (secondary N) is 2. The predicted molar refractivity (Wildman–Crippen MR) is 79.1 cm³/mol. The summed E-state index contributed by atoms with van der Waals surface area (Å²) in [4.78, 5) is 33.2. The second-order valence-corrected chi connectivity index (χ2v) is 4.66. The zero-order valence-electron chi connectivity index (χ0n) is 12.5. The molecule has 1 aromatic rings. The molecule has 0 saturated heterocycles. The van der Waals surface area contributed by atoms with Crippen molar-refractivity contribution in [2.24, 2.45) is 0 Å². The third-order valence-corrected chi connectivity index (χ3v) is 2.85. The van der Waals surface area contributed by atoms with Gasteiger partial charge < -0.3 is 9.84 Å². The SMILES string of the molecule is Cc1ccc(O[C@@H](C)C(=O)NNC(=O)/C=C/C(=O)O)cc1C. The fraction of sp³-hybridized carbons (Fsp3) is 0.267. The average Bonchev–Trinajstić information content (AvgIpc) is 2.46. The van der Waals surface area contributed by atoms with Crippen LogP contribution >= 0.6 is 0 Å². The maximum absolute atomic E-state index is 11.8. The summed E-state index contributed by atoms with van der Waals surface area (Å²) in [6.45, 7) is 5.43. The Morgan fingerprint density at radius 1 is 1.14 bits per heavy atom. The Morgan fingerprint density at radius 2 is 1.82 bits per heavy atom. The van der Waals surface area contributed by atoms with E-state index in [9.17, 15) is 14.4 Å². The summed E-state index contributed by atoms with van der Waals surface area (Å²) in [7, 11) is 0. The largest absolute Gasteiger partial charge is 0.481 e. The molecule has 0 radical (unpaired) electrons. The molecule has 1 rings (SSSR count). The molecule has 7 nitrogen and oxygen atoms in total. The number of ether oxygens (including phenoxy) is 1. The number of carbonyl (C=O) groups is 3. The van der Waals surface area contributed by atoms with Crippen LogP contribution in [0.25, 0.3) is 0 Å². The van der Waals surface area contributed by atoms with Gasteiger partial charge in [0.15, 0.2) is 6.10 Å². The molecule has 3 N–H and O–H groups in total. The monoisotopic (exact) mass is 306 g/mol. The highest BCUT2D eigenvalue weighted by molar-refractivity contribution is 5.95. The highest BCUT2D eigenvalue weighted by Gasteiger charge is 2.15. The number of carboxylic acid groups (broad SMARTS) is 1. The minimum absolute atomic E-state index is 0.544. The molecular formula is C15H18N2O5. The smallest absolute Gasteiger partial charge is 0.328 e. The number of aliphatic carboxylic acids is 1. The van der Waals surface area contributed by atoms with Gasteiger partial charge in [0.05, 0.1) is 0 Å². The van der Waals surface area contributed by atoms with Gasteiger partial charge in [0.25, 0.3) is 11.8 Å². The van der Waals surface area contributed by atoms with Gasteiger partial charge in [-0.25, -0.2) is 4.79 Å². The Hall–Kier alpha value is -2.83. The fourth-order valence-corrected chi connectivity index (χ4v) is 1.46. The van der Waals surface area contributed by atoms with Gasteiger partial charge in [-0.1, -0.05) is 6.07 Å². The van der Waals surface area contributed by atoms with Crippen LogP contribution in [0.5, 0.6) is 5.75 Å². The molecule has 0 aliphatic rings. The second kappa shape index (κ2) is 7.82. The van der Waals surface area contributed by atoms with Crippen LogP contribution in [0, 0.1) is 13.8 Å². The standard InChI is InChI=1S/C15H18N2O5/c1-9-4-5-12(8-10(9)2)22-11(3)15(21)17-16-13(18)6-7-14(19)20/h4-8,11H,1-3H3,(H,16,18)(H,17,21)(H,19,20)/b7-6+/t11-/m0/s1. The molecule has 0 unspecified atom stereocenters. The summed E-state index contributed by atoms with van der Waals surface area (Å²) in [5.74, 6) is -2.03. The number of benzene rings is 1. The molecule has 0 aromatic heterocycles. The maximum atomic E-state index is 11.8. The molecule has 118 valence electrons. The molecule has 0 aliphatic heterocycles. The Labute approximate surface area is 127 Å². The van der Waals surface area contributed by atoms with E-state index in [2.05, 4.69) is 10.9 Å². The van der Waals surface area contributed by atoms with Gasteiger partial charge in [-0.2, -0.15) is 0 Å². The summed E-state index contributed by atoms with van der Waals surface area (Å²) < 4.78 is 5.47. The Kier molecular flexibility index (Phi) is 6.12. The predicted octanol–water partition coefficient (Wildman–Crippen LogP) is 0.859. The van der Waals surface area contributed by atoms with Gasteiger partial charge in [0, 0.05) is 12.2 Å². The summed E-state index contributed by atoms with van der Waals surface area (Å²) in [6, 6.07) is 5.45. The van der Waals surface area contributed by atoms with Crippen LogP contribution in [0.4, 0.5) is 0 Å². The summed E-state index contributed by atoms with van der Waals surface area (Å²) in [5, 5.41) is 8.36. The van der Waals surface area contributed by atoms with Crippen molar-refractivity contribution < 1.29 is 24.2 Å². The van der Waals surface area contributed by atoms with Gasteiger partial charge in [0.2, 0.25) is 0 Å². The third kappa shape index (κ3) is 5.66. The number of rotatable bonds is 5. The number of hydrazine groups is 1. The molecule has 2 amide bonds. The van der Waals surface area contributed by atoms with Crippen molar-refractivity contribution in [2.45, 2.75) is 26.9 Å². The van der Waals surface area contributed by atoms with Gasteiger partial charge in [-0.05, 0) is 44.0 Å². The lowest BCUT2D eigenvalue weighted by Gasteiger charge is -2.15. The van der Waals surface area contributed by atoms with Gasteiger partial charge in [-0.15, -0.1) is 0 Å². The number of carbonyl (C=O) groups excluding carboxylic acids is 2. The zero-order valence-corrected chi connectivity index (χ0v) is 12.5. The highest BCUT2D eigenvalue weighted by atomic mass is 16.5. The molecule has 0 fully saturated rings. The van der Waals surface area contributed by atoms with Crippen LogP contribution in [0.3, 0.4) is 0 Å². The normalized spacial score (nSPS) is 11.8. The number of aryl methyl sites for hydroxylation is 2. The molecule has 0 saturated carbocycles. The second-order valence-electron chi connectivity index (χ2n) is 4.66. The minimum Gasteiger partial charge on any atom is -0.481 e. The molecule has 0 bridgehead atoms. The molecular weight excluding hydrogens is 288 g/mol. The quantitative estimate of drug-likeness (QED) is 0.553. The van der Waals surface area contributed by atoms with Crippen LogP contribution in [-0.2, 0) is 14.4 Å². The first kappa shape index (κ1) is 17.2. The topological polar surface area (TPSA) is 105 Å². The van der Waals surface area contributed by atoms with Gasteiger partial charge in [0.1, 0.15) is 5.75 Å². The molecule has 0 heterocycles. The first-order chi connectivity index (χ1) is 10.3. The first-order valence-electron chi connectivity index (χ1n) is 6.54. The number of carboxylic acids is 1. The van der Waals surface area contributed by atoms with Crippen LogP contribution in [-0.4, -0.2) is 29.0 Å². The van der Waals surface area contributed by atoms with Gasteiger partial charge >= 0.3 is 5.97 Å². The fourth-order valence-electron chi connectivity index (χ4n) is 1.46. The van der Waals surface area contributed by atoms with Crippen LogP contribution in [0.2, 0.25) is 0 Å². The van der Waals surface area contributed by atoms with E-state index < -0.39 is 23.9 Å². The van der Waals surface area contributed by atoms with Crippen LogP contribution < -0.4 is 15.6 Å². The van der Waals surface area contributed by atoms with E-state index in [0.717, 1.165) is 17.2 Å². The van der Waals surface area contributed by atoms with E-state index in [1.165, 1.54) is 6.92 Å². The van der Waals surface area contributed by atoms with E-state index in [0.29, 0.717) is 11.8 Å². The van der Waals surface area contributed by atoms with E-state index in [4.69, 9.17) is 9.84 Å². The molecule has 7 heteroatoms. The van der Waals surface area contributed by atoms with Crippen molar-refractivity contribution in [2.75, 3.05) is 0 Å². The first-order valence-corrected chi connectivity index (χ1v) is 6.54. The van der Waals surface area contributed by atoms with Crippen LogP contribution in [0.1, 0.15) is 18.1 Å². The summed E-state index contributed by atoms with van der Waals surface area (Å²) in [5.41, 5.74) is 6.35. The van der Waals surface area contributed by atoms with Crippen molar-refractivity contribution in [3.8, 4) is 5.75 Å². The number of amides is 2. The third-order valence-electron chi connectivity index (χ3n) is 2.85. The highest BCUT2D eigenvalue weighted by Crippen LogP contribution is 2.17. The zero-order chi connectivity index (χ0) is 16.7. The van der Waals surface area contributed by atoms with E-state index >= 15 is 0 Å². The van der Waals surface area contributed by atoms with Crippen LogP contribution in [0.15, 0.2) is 30.4 Å². The summed E-state index contributed by atoms with van der Waals surface area (Å²) >= 11 is 0. The molecule has 1 aromatic carbocycles. The lowest BCUT2D eigenvalue weighted by atomic mass is 10.1. The Balaban J connectivity index is 2.49. The Morgan fingerprint density at radius 3 is 2.41 bits per heavy atom. The van der Waals surface area contributed by atoms with E-state index in [1.54, 1.807) is 6.07 Å². The molecule has 0 spiro atoms. The number of hydrogen-bond donors (Lipinski definition) is 3.